The number of benzene rings is 1. The van der Waals surface area contributed by atoms with Gasteiger partial charge >= 0.3 is 0 Å². The topological polar surface area (TPSA) is 21.1 Å². The molecule has 1 aliphatic rings. The SMILES string of the molecule is C/C(=C/n1c2c(c3cc(C)ccc31)CN(C)CC2)c1ccccn1. The number of fused-ring (bicyclic) bond motifs is 3. The van der Waals surface area contributed by atoms with E-state index in [1.54, 1.807) is 0 Å². The van der Waals surface area contributed by atoms with Crippen LogP contribution in [0, 0.1) is 6.92 Å². The summed E-state index contributed by atoms with van der Waals surface area (Å²) < 4.78 is 2.39. The summed E-state index contributed by atoms with van der Waals surface area (Å²) in [6.07, 6.45) is 5.20. The number of allylic oxidation sites excluding steroid dienone is 1. The zero-order valence-electron chi connectivity index (χ0n) is 14.6. The minimum atomic E-state index is 1.03. The number of nitrogens with zero attached hydrogens (tertiary/aromatic N) is 3. The van der Waals surface area contributed by atoms with Gasteiger partial charge in [-0.05, 0) is 56.3 Å². The lowest BCUT2D eigenvalue weighted by Crippen LogP contribution is -2.26. The van der Waals surface area contributed by atoms with Crippen LogP contribution in [0.3, 0.4) is 0 Å². The standard InChI is InChI=1S/C21H23N3/c1-15-7-8-20-17(12-15)18-14-23(3)11-9-21(18)24(20)13-16(2)19-6-4-5-10-22-19/h4-8,10,12-13H,9,11,14H2,1-3H3/b16-13-. The summed E-state index contributed by atoms with van der Waals surface area (Å²) in [5.41, 5.74) is 7.77. The Kier molecular flexibility index (Phi) is 3.73. The Balaban J connectivity index is 1.92. The second kappa shape index (κ2) is 5.91. The Labute approximate surface area is 143 Å². The first kappa shape index (κ1) is 15.2. The average molecular weight is 317 g/mol. The number of hydrogen-bond acceptors (Lipinski definition) is 2. The number of likely N-dealkylation sites (N-methyl/N-ethyl adjacent to an activating group) is 1. The third-order valence-corrected chi connectivity index (χ3v) is 4.93. The lowest BCUT2D eigenvalue weighted by Gasteiger charge is -2.23. The van der Waals surface area contributed by atoms with Crippen LogP contribution in [0.25, 0.3) is 22.7 Å². The highest BCUT2D eigenvalue weighted by molar-refractivity contribution is 5.90. The van der Waals surface area contributed by atoms with Gasteiger partial charge in [0.1, 0.15) is 0 Å². The number of rotatable bonds is 2. The van der Waals surface area contributed by atoms with Crippen LogP contribution in [0.4, 0.5) is 0 Å². The molecular weight excluding hydrogens is 294 g/mol. The fraction of sp³-hybridized carbons (Fsp3) is 0.286. The molecule has 3 aromatic rings. The van der Waals surface area contributed by atoms with Gasteiger partial charge in [0.25, 0.3) is 0 Å². The van der Waals surface area contributed by atoms with Crippen LogP contribution >= 0.6 is 0 Å². The maximum Gasteiger partial charge on any atom is 0.0673 e. The van der Waals surface area contributed by atoms with Gasteiger partial charge in [0.2, 0.25) is 0 Å². The Hall–Kier alpha value is -2.39. The lowest BCUT2D eigenvalue weighted by molar-refractivity contribution is 0.312. The molecule has 4 rings (SSSR count). The summed E-state index contributed by atoms with van der Waals surface area (Å²) >= 11 is 0. The predicted octanol–water partition coefficient (Wildman–Crippen LogP) is 4.35. The van der Waals surface area contributed by atoms with Crippen molar-refractivity contribution in [2.75, 3.05) is 13.6 Å². The molecule has 0 spiro atoms. The van der Waals surface area contributed by atoms with E-state index < -0.39 is 0 Å². The zero-order chi connectivity index (χ0) is 16.7. The van der Waals surface area contributed by atoms with Crippen LogP contribution in [0.5, 0.6) is 0 Å². The molecule has 0 fully saturated rings. The first-order chi connectivity index (χ1) is 11.6. The molecule has 3 nitrogen and oxygen atoms in total. The van der Waals surface area contributed by atoms with Crippen LogP contribution < -0.4 is 0 Å². The maximum atomic E-state index is 4.49. The molecule has 3 heterocycles. The van der Waals surface area contributed by atoms with E-state index >= 15 is 0 Å². The van der Waals surface area contributed by atoms with Gasteiger partial charge in [-0.15, -0.1) is 0 Å². The molecule has 0 aliphatic carbocycles. The van der Waals surface area contributed by atoms with E-state index in [-0.39, 0.29) is 0 Å². The third kappa shape index (κ3) is 2.55. The number of aryl methyl sites for hydroxylation is 1. The second-order valence-electron chi connectivity index (χ2n) is 6.83. The molecule has 24 heavy (non-hydrogen) atoms. The molecule has 0 atom stereocenters. The molecule has 0 radical (unpaired) electrons. The minimum Gasteiger partial charge on any atom is -0.320 e. The van der Waals surface area contributed by atoms with E-state index in [0.717, 1.165) is 25.2 Å². The summed E-state index contributed by atoms with van der Waals surface area (Å²) in [6, 6.07) is 12.9. The van der Waals surface area contributed by atoms with Crippen molar-refractivity contribution in [3.63, 3.8) is 0 Å². The van der Waals surface area contributed by atoms with E-state index in [1.807, 2.05) is 18.3 Å². The fourth-order valence-electron chi connectivity index (χ4n) is 3.64. The van der Waals surface area contributed by atoms with Gasteiger partial charge < -0.3 is 9.47 Å². The third-order valence-electron chi connectivity index (χ3n) is 4.93. The van der Waals surface area contributed by atoms with Crippen molar-refractivity contribution in [1.82, 2.24) is 14.5 Å². The molecule has 122 valence electrons. The van der Waals surface area contributed by atoms with E-state index in [0.29, 0.717) is 0 Å². The lowest BCUT2D eigenvalue weighted by atomic mass is 10.0. The molecule has 0 unspecified atom stereocenters. The van der Waals surface area contributed by atoms with Gasteiger partial charge in [-0.3, -0.25) is 4.98 Å². The largest absolute Gasteiger partial charge is 0.320 e. The Morgan fingerprint density at radius 1 is 1.21 bits per heavy atom. The van der Waals surface area contributed by atoms with Crippen molar-refractivity contribution in [1.29, 1.82) is 0 Å². The van der Waals surface area contributed by atoms with Crippen LogP contribution in [-0.2, 0) is 13.0 Å². The highest BCUT2D eigenvalue weighted by Crippen LogP contribution is 2.32. The molecule has 3 heteroatoms. The van der Waals surface area contributed by atoms with Crippen molar-refractivity contribution >= 4 is 22.7 Å². The highest BCUT2D eigenvalue weighted by atomic mass is 15.1. The van der Waals surface area contributed by atoms with Crippen LogP contribution in [0.2, 0.25) is 0 Å². The van der Waals surface area contributed by atoms with Gasteiger partial charge in [0.15, 0.2) is 0 Å². The van der Waals surface area contributed by atoms with Crippen molar-refractivity contribution in [2.45, 2.75) is 26.8 Å². The van der Waals surface area contributed by atoms with E-state index in [9.17, 15) is 0 Å². The molecule has 0 saturated carbocycles. The van der Waals surface area contributed by atoms with Gasteiger partial charge in [0.05, 0.1) is 11.2 Å². The summed E-state index contributed by atoms with van der Waals surface area (Å²) in [5, 5.41) is 1.39. The monoisotopic (exact) mass is 317 g/mol. The van der Waals surface area contributed by atoms with E-state index in [1.165, 1.54) is 33.3 Å². The molecule has 1 aliphatic heterocycles. The smallest absolute Gasteiger partial charge is 0.0673 e. The van der Waals surface area contributed by atoms with Crippen LogP contribution in [0.1, 0.15) is 29.4 Å². The van der Waals surface area contributed by atoms with E-state index in [2.05, 4.69) is 65.8 Å². The first-order valence-electron chi connectivity index (χ1n) is 8.54. The maximum absolute atomic E-state index is 4.49. The predicted molar refractivity (Wildman–Crippen MR) is 101 cm³/mol. The molecule has 0 bridgehead atoms. The highest BCUT2D eigenvalue weighted by Gasteiger charge is 2.21. The van der Waals surface area contributed by atoms with Crippen molar-refractivity contribution < 1.29 is 0 Å². The number of hydrogen-bond donors (Lipinski definition) is 0. The molecule has 1 aromatic carbocycles. The molecule has 0 amide bonds. The Bertz CT molecular complexity index is 919. The molecule has 0 saturated heterocycles. The van der Waals surface area contributed by atoms with Crippen molar-refractivity contribution in [3.8, 4) is 0 Å². The quantitative estimate of drug-likeness (QED) is 0.700. The summed E-state index contributed by atoms with van der Waals surface area (Å²) in [4.78, 5) is 6.89. The van der Waals surface area contributed by atoms with E-state index in [4.69, 9.17) is 0 Å². The first-order valence-corrected chi connectivity index (χ1v) is 8.54. The van der Waals surface area contributed by atoms with Crippen LogP contribution in [0.15, 0.2) is 42.6 Å². The van der Waals surface area contributed by atoms with Crippen molar-refractivity contribution in [3.05, 3.63) is 65.1 Å². The number of aromatic nitrogens is 2. The summed E-state index contributed by atoms with van der Waals surface area (Å²) in [7, 11) is 2.21. The fourth-order valence-corrected chi connectivity index (χ4v) is 3.64. The minimum absolute atomic E-state index is 1.03. The summed E-state index contributed by atoms with van der Waals surface area (Å²) in [5.74, 6) is 0. The second-order valence-corrected chi connectivity index (χ2v) is 6.83. The van der Waals surface area contributed by atoms with Gasteiger partial charge in [0, 0.05) is 43.0 Å². The molecule has 2 aromatic heterocycles. The van der Waals surface area contributed by atoms with Gasteiger partial charge in [-0.1, -0.05) is 17.7 Å². The average Bonchev–Trinajstić information content (AvgIpc) is 2.88. The Morgan fingerprint density at radius 2 is 2.08 bits per heavy atom. The summed E-state index contributed by atoms with van der Waals surface area (Å²) in [6.45, 7) is 6.45. The van der Waals surface area contributed by atoms with Crippen molar-refractivity contribution in [2.24, 2.45) is 0 Å². The number of pyridine rings is 1. The molecule has 0 N–H and O–H groups in total. The van der Waals surface area contributed by atoms with Crippen LogP contribution in [-0.4, -0.2) is 28.0 Å². The van der Waals surface area contributed by atoms with Gasteiger partial charge in [-0.2, -0.15) is 0 Å². The zero-order valence-corrected chi connectivity index (χ0v) is 14.6. The Morgan fingerprint density at radius 3 is 2.88 bits per heavy atom. The normalized spacial score (nSPS) is 15.7. The molecular formula is C21H23N3. The van der Waals surface area contributed by atoms with Gasteiger partial charge in [-0.25, -0.2) is 0 Å².